The fourth-order valence-corrected chi connectivity index (χ4v) is 2.91. The van der Waals surface area contributed by atoms with Gasteiger partial charge in [0.15, 0.2) is 5.96 Å². The molecule has 0 saturated heterocycles. The van der Waals surface area contributed by atoms with Gasteiger partial charge in [0.1, 0.15) is 11.6 Å². The van der Waals surface area contributed by atoms with E-state index in [4.69, 9.17) is 0 Å². The largest absolute Gasteiger partial charge is 0.352 e. The van der Waals surface area contributed by atoms with Crippen LogP contribution in [0.15, 0.2) is 53.9 Å². The van der Waals surface area contributed by atoms with E-state index < -0.39 is 0 Å². The average Bonchev–Trinajstić information content (AvgIpc) is 3.09. The molecule has 0 amide bonds. The van der Waals surface area contributed by atoms with Gasteiger partial charge in [0.05, 0.1) is 0 Å². The first kappa shape index (κ1) is 21.9. The molecule has 0 spiro atoms. The molecule has 1 aromatic carbocycles. The van der Waals surface area contributed by atoms with E-state index in [1.165, 1.54) is 16.7 Å². The Labute approximate surface area is 183 Å². The van der Waals surface area contributed by atoms with Crippen molar-refractivity contribution in [3.8, 4) is 5.82 Å². The van der Waals surface area contributed by atoms with Gasteiger partial charge in [0.25, 0.3) is 0 Å². The number of aryl methyl sites for hydroxylation is 3. The minimum absolute atomic E-state index is 0. The first-order chi connectivity index (χ1) is 13.1. The van der Waals surface area contributed by atoms with Gasteiger partial charge in [-0.3, -0.25) is 9.56 Å². The molecule has 0 bridgehead atoms. The molecule has 2 N–H and O–H groups in total. The fourth-order valence-electron chi connectivity index (χ4n) is 2.91. The summed E-state index contributed by atoms with van der Waals surface area (Å²) in [6, 6.07) is 10.5. The van der Waals surface area contributed by atoms with Gasteiger partial charge < -0.3 is 10.6 Å². The lowest BCUT2D eigenvalue weighted by Crippen LogP contribution is -2.36. The number of hydrogen-bond donors (Lipinski definition) is 2. The molecule has 0 saturated carbocycles. The van der Waals surface area contributed by atoms with Crippen molar-refractivity contribution in [2.45, 2.75) is 33.9 Å². The highest BCUT2D eigenvalue weighted by Gasteiger charge is 2.04. The quantitative estimate of drug-likeness (QED) is 0.326. The molecule has 2 heterocycles. The third-order valence-electron chi connectivity index (χ3n) is 4.51. The van der Waals surface area contributed by atoms with Crippen molar-refractivity contribution in [2.24, 2.45) is 4.99 Å². The lowest BCUT2D eigenvalue weighted by molar-refractivity contribution is 0.802. The number of hydrogen-bond acceptors (Lipinski definition) is 3. The maximum atomic E-state index is 4.52. The van der Waals surface area contributed by atoms with E-state index in [0.717, 1.165) is 29.7 Å². The third kappa shape index (κ3) is 5.54. The minimum atomic E-state index is 0. The van der Waals surface area contributed by atoms with Gasteiger partial charge in [0, 0.05) is 38.7 Å². The van der Waals surface area contributed by atoms with E-state index in [1.54, 1.807) is 13.2 Å². The van der Waals surface area contributed by atoms with Crippen molar-refractivity contribution >= 4 is 29.9 Å². The predicted octanol–water partition coefficient (Wildman–Crippen LogP) is 3.68. The SMILES string of the molecule is CN=C(NCc1ccc(-n2ccnc2C)nc1)NCc1ccc(C)cc1C.I. The Morgan fingerprint density at radius 2 is 1.82 bits per heavy atom. The molecule has 148 valence electrons. The normalized spacial score (nSPS) is 11.1. The van der Waals surface area contributed by atoms with Crippen LogP contribution in [0.2, 0.25) is 0 Å². The van der Waals surface area contributed by atoms with E-state index in [9.17, 15) is 0 Å². The fraction of sp³-hybridized carbons (Fsp3) is 0.286. The number of nitrogens with zero attached hydrogens (tertiary/aromatic N) is 4. The standard InChI is InChI=1S/C21H26N6.HI/c1-15-5-7-19(16(2)11-15)14-26-21(22-4)25-13-18-6-8-20(24-12-18)27-10-9-23-17(27)3;/h5-12H,13-14H2,1-4H3,(H2,22,25,26);1H. The zero-order valence-electron chi connectivity index (χ0n) is 16.7. The summed E-state index contributed by atoms with van der Waals surface area (Å²) < 4.78 is 1.96. The van der Waals surface area contributed by atoms with E-state index in [2.05, 4.69) is 63.7 Å². The second-order valence-electron chi connectivity index (χ2n) is 6.58. The monoisotopic (exact) mass is 490 g/mol. The number of guanidine groups is 1. The van der Waals surface area contributed by atoms with Crippen LogP contribution in [0.5, 0.6) is 0 Å². The first-order valence-electron chi connectivity index (χ1n) is 9.02. The molecule has 0 atom stereocenters. The Bertz CT molecular complexity index is 930. The van der Waals surface area contributed by atoms with Crippen molar-refractivity contribution in [1.29, 1.82) is 0 Å². The van der Waals surface area contributed by atoms with Crippen LogP contribution in [-0.2, 0) is 13.1 Å². The van der Waals surface area contributed by atoms with Crippen molar-refractivity contribution in [3.05, 3.63) is 77.0 Å². The van der Waals surface area contributed by atoms with E-state index in [-0.39, 0.29) is 24.0 Å². The van der Waals surface area contributed by atoms with Gasteiger partial charge in [-0.1, -0.05) is 29.8 Å². The maximum absolute atomic E-state index is 4.52. The summed E-state index contributed by atoms with van der Waals surface area (Å²) in [7, 11) is 1.78. The zero-order chi connectivity index (χ0) is 19.2. The number of imidazole rings is 1. The van der Waals surface area contributed by atoms with Gasteiger partial charge in [-0.05, 0) is 43.5 Å². The van der Waals surface area contributed by atoms with E-state index in [1.807, 2.05) is 30.0 Å². The topological polar surface area (TPSA) is 67.1 Å². The van der Waals surface area contributed by atoms with Gasteiger partial charge in [-0.2, -0.15) is 0 Å². The minimum Gasteiger partial charge on any atom is -0.352 e. The Morgan fingerprint density at radius 1 is 1.04 bits per heavy atom. The second kappa shape index (κ2) is 10.2. The lowest BCUT2D eigenvalue weighted by Gasteiger charge is -2.14. The molecule has 7 heteroatoms. The molecule has 0 aliphatic rings. The van der Waals surface area contributed by atoms with Gasteiger partial charge in [-0.15, -0.1) is 24.0 Å². The highest BCUT2D eigenvalue weighted by molar-refractivity contribution is 14.0. The molecular weight excluding hydrogens is 463 g/mol. The molecule has 2 aromatic heterocycles. The summed E-state index contributed by atoms with van der Waals surface area (Å²) >= 11 is 0. The molecular formula is C21H27IN6. The van der Waals surface area contributed by atoms with Crippen LogP contribution < -0.4 is 10.6 Å². The average molecular weight is 490 g/mol. The Balaban J connectivity index is 0.00000280. The van der Waals surface area contributed by atoms with Crippen LogP contribution in [0.4, 0.5) is 0 Å². The first-order valence-corrected chi connectivity index (χ1v) is 9.02. The molecule has 3 rings (SSSR count). The number of benzene rings is 1. The zero-order valence-corrected chi connectivity index (χ0v) is 19.1. The Kier molecular flexibility index (Phi) is 7.98. The number of aliphatic imine (C=N–C) groups is 1. The number of aromatic nitrogens is 3. The highest BCUT2D eigenvalue weighted by Crippen LogP contribution is 2.10. The van der Waals surface area contributed by atoms with E-state index >= 15 is 0 Å². The van der Waals surface area contributed by atoms with E-state index in [0.29, 0.717) is 6.54 Å². The molecule has 28 heavy (non-hydrogen) atoms. The Morgan fingerprint density at radius 3 is 2.43 bits per heavy atom. The molecule has 0 aliphatic carbocycles. The van der Waals surface area contributed by atoms with Crippen molar-refractivity contribution in [2.75, 3.05) is 7.05 Å². The summed E-state index contributed by atoms with van der Waals surface area (Å²) in [6.07, 6.45) is 5.56. The molecule has 6 nitrogen and oxygen atoms in total. The summed E-state index contributed by atoms with van der Waals surface area (Å²) in [5.74, 6) is 2.56. The lowest BCUT2D eigenvalue weighted by atomic mass is 10.1. The van der Waals surface area contributed by atoms with Crippen LogP contribution in [0, 0.1) is 20.8 Å². The summed E-state index contributed by atoms with van der Waals surface area (Å²) in [5, 5.41) is 6.70. The molecule has 0 radical (unpaired) electrons. The highest BCUT2D eigenvalue weighted by atomic mass is 127. The van der Waals surface area contributed by atoms with Crippen LogP contribution in [0.25, 0.3) is 5.82 Å². The van der Waals surface area contributed by atoms with Crippen molar-refractivity contribution in [1.82, 2.24) is 25.2 Å². The van der Waals surface area contributed by atoms with Crippen LogP contribution in [0.1, 0.15) is 28.1 Å². The van der Waals surface area contributed by atoms with Crippen molar-refractivity contribution in [3.63, 3.8) is 0 Å². The Hall–Kier alpha value is -2.42. The van der Waals surface area contributed by atoms with Crippen molar-refractivity contribution < 1.29 is 0 Å². The van der Waals surface area contributed by atoms with Gasteiger partial charge in [-0.25, -0.2) is 9.97 Å². The summed E-state index contributed by atoms with van der Waals surface area (Å²) in [4.78, 5) is 13.0. The molecule has 0 unspecified atom stereocenters. The maximum Gasteiger partial charge on any atom is 0.191 e. The van der Waals surface area contributed by atoms with Gasteiger partial charge in [0.2, 0.25) is 0 Å². The summed E-state index contributed by atoms with van der Waals surface area (Å²) in [6.45, 7) is 7.60. The van der Waals surface area contributed by atoms with Crippen LogP contribution in [0.3, 0.4) is 0 Å². The molecule has 0 fully saturated rings. The number of halogens is 1. The second-order valence-corrected chi connectivity index (χ2v) is 6.58. The van der Waals surface area contributed by atoms with Crippen LogP contribution in [-0.4, -0.2) is 27.5 Å². The number of pyridine rings is 1. The summed E-state index contributed by atoms with van der Waals surface area (Å²) in [5.41, 5.74) is 4.92. The predicted molar refractivity (Wildman–Crippen MR) is 124 cm³/mol. The van der Waals surface area contributed by atoms with Gasteiger partial charge >= 0.3 is 0 Å². The molecule has 0 aliphatic heterocycles. The number of nitrogens with one attached hydrogen (secondary N) is 2. The van der Waals surface area contributed by atoms with Crippen LogP contribution >= 0.6 is 24.0 Å². The smallest absolute Gasteiger partial charge is 0.191 e. The number of rotatable bonds is 5. The third-order valence-corrected chi connectivity index (χ3v) is 4.51. The molecule has 3 aromatic rings.